The molecule has 7 nitrogen and oxygen atoms in total. The van der Waals surface area contributed by atoms with Gasteiger partial charge in [-0.05, 0) is 25.8 Å². The van der Waals surface area contributed by atoms with Gasteiger partial charge in [0.05, 0.1) is 11.4 Å². The molecule has 4 rings (SSSR count). The Hall–Kier alpha value is -3.36. The van der Waals surface area contributed by atoms with Crippen molar-refractivity contribution in [1.29, 1.82) is 0 Å². The summed E-state index contributed by atoms with van der Waals surface area (Å²) in [5, 5.41) is 13.4. The molecule has 0 spiro atoms. The van der Waals surface area contributed by atoms with Crippen LogP contribution in [0.15, 0.2) is 36.5 Å². The van der Waals surface area contributed by atoms with Crippen molar-refractivity contribution >= 4 is 17.4 Å². The predicted molar refractivity (Wildman–Crippen MR) is 115 cm³/mol. The minimum Gasteiger partial charge on any atom is -0.323 e. The number of anilines is 1. The molecule has 0 radical (unpaired) electrons. The van der Waals surface area contributed by atoms with Gasteiger partial charge in [-0.15, -0.1) is 0 Å². The largest absolute Gasteiger partial charge is 0.323 e. The zero-order valence-corrected chi connectivity index (χ0v) is 17.9. The second-order valence-electron chi connectivity index (χ2n) is 8.27. The van der Waals surface area contributed by atoms with E-state index in [0.717, 1.165) is 29.8 Å². The normalized spacial score (nSPS) is 18.7. The lowest BCUT2D eigenvalue weighted by molar-refractivity contribution is -0.122. The van der Waals surface area contributed by atoms with Gasteiger partial charge in [0.1, 0.15) is 0 Å². The molecule has 32 heavy (non-hydrogen) atoms. The van der Waals surface area contributed by atoms with Gasteiger partial charge in [0.15, 0.2) is 11.5 Å². The second kappa shape index (κ2) is 9.02. The van der Waals surface area contributed by atoms with Gasteiger partial charge >= 0.3 is 0 Å². The first-order chi connectivity index (χ1) is 15.3. The lowest BCUT2D eigenvalue weighted by atomic mass is 9.75. The Morgan fingerprint density at radius 1 is 1.16 bits per heavy atom. The van der Waals surface area contributed by atoms with Crippen LogP contribution >= 0.6 is 0 Å². The summed E-state index contributed by atoms with van der Waals surface area (Å²) in [6.07, 6.45) is 1.35. The van der Waals surface area contributed by atoms with E-state index in [0.29, 0.717) is 18.4 Å². The predicted octanol–water partition coefficient (Wildman–Crippen LogP) is 4.68. The molecule has 1 amide bonds. The van der Waals surface area contributed by atoms with Gasteiger partial charge in [0.25, 0.3) is 6.43 Å². The number of benzene rings is 1. The molecular weight excluding hydrogens is 416 g/mol. The third kappa shape index (κ3) is 4.46. The first-order valence-corrected chi connectivity index (χ1v) is 10.6. The van der Waals surface area contributed by atoms with Gasteiger partial charge in [-0.3, -0.25) is 19.4 Å². The topological polar surface area (TPSA) is 92.7 Å². The van der Waals surface area contributed by atoms with E-state index in [1.54, 1.807) is 12.1 Å². The molecule has 0 aliphatic heterocycles. The van der Waals surface area contributed by atoms with E-state index in [9.17, 15) is 18.4 Å². The first-order valence-electron chi connectivity index (χ1n) is 10.6. The molecule has 9 heteroatoms. The number of aromatic nitrogens is 4. The standard InChI is InChI=1S/C23H25F2N5O2/c1-13-11-18(28-27-13)14-7-9-15(10-8-14)21(31)16-5-3-4-6-17(16)23(32)26-19-12-30(2)29-20(19)22(24)25/h7-12,16-17,22H,3-6H2,1-2H3,(H,26,32)(H,27,28)/t16-,17-/m1/s1. The van der Waals surface area contributed by atoms with E-state index >= 15 is 0 Å². The Labute approximate surface area is 184 Å². The maximum atomic E-state index is 13.3. The third-order valence-electron chi connectivity index (χ3n) is 5.93. The number of nitrogens with zero attached hydrogens (tertiary/aromatic N) is 3. The van der Waals surface area contributed by atoms with Crippen LogP contribution in [0.5, 0.6) is 0 Å². The summed E-state index contributed by atoms with van der Waals surface area (Å²) in [6, 6.07) is 9.10. The number of carbonyl (C=O) groups is 2. The van der Waals surface area contributed by atoms with Crippen LogP contribution in [0.3, 0.4) is 0 Å². The summed E-state index contributed by atoms with van der Waals surface area (Å²) >= 11 is 0. The number of hydrogen-bond donors (Lipinski definition) is 2. The van der Waals surface area contributed by atoms with Crippen molar-refractivity contribution in [1.82, 2.24) is 20.0 Å². The van der Waals surface area contributed by atoms with E-state index in [4.69, 9.17) is 0 Å². The monoisotopic (exact) mass is 441 g/mol. The van der Waals surface area contributed by atoms with Crippen LogP contribution in [0.2, 0.25) is 0 Å². The van der Waals surface area contributed by atoms with Crippen LogP contribution in [0, 0.1) is 18.8 Å². The number of amides is 1. The number of aromatic amines is 1. The number of halogens is 2. The number of nitrogens with one attached hydrogen (secondary N) is 2. The molecule has 2 aromatic heterocycles. The molecule has 1 aromatic carbocycles. The van der Waals surface area contributed by atoms with Crippen molar-refractivity contribution in [2.75, 3.05) is 5.32 Å². The van der Waals surface area contributed by atoms with Crippen molar-refractivity contribution in [2.45, 2.75) is 39.0 Å². The zero-order chi connectivity index (χ0) is 22.8. The van der Waals surface area contributed by atoms with E-state index < -0.39 is 29.9 Å². The number of hydrogen-bond acceptors (Lipinski definition) is 4. The Morgan fingerprint density at radius 3 is 2.47 bits per heavy atom. The second-order valence-corrected chi connectivity index (χ2v) is 8.27. The molecule has 1 aliphatic rings. The maximum Gasteiger partial charge on any atom is 0.284 e. The highest BCUT2D eigenvalue weighted by Crippen LogP contribution is 2.35. The van der Waals surface area contributed by atoms with Gasteiger partial charge in [-0.2, -0.15) is 10.2 Å². The van der Waals surface area contributed by atoms with E-state index in [1.807, 2.05) is 25.1 Å². The summed E-state index contributed by atoms with van der Waals surface area (Å²) in [6.45, 7) is 1.92. The smallest absolute Gasteiger partial charge is 0.284 e. The van der Waals surface area contributed by atoms with E-state index in [-0.39, 0.29) is 11.5 Å². The minimum atomic E-state index is -2.80. The van der Waals surface area contributed by atoms with Crippen LogP contribution in [0.4, 0.5) is 14.5 Å². The Balaban J connectivity index is 1.51. The fourth-order valence-corrected chi connectivity index (χ4v) is 4.33. The van der Waals surface area contributed by atoms with Crippen LogP contribution in [-0.4, -0.2) is 31.7 Å². The van der Waals surface area contributed by atoms with Crippen molar-refractivity contribution < 1.29 is 18.4 Å². The Kier molecular flexibility index (Phi) is 6.16. The molecule has 1 saturated carbocycles. The van der Waals surface area contributed by atoms with Crippen molar-refractivity contribution in [3.63, 3.8) is 0 Å². The number of aryl methyl sites for hydroxylation is 2. The van der Waals surface area contributed by atoms with Gasteiger partial charge in [0, 0.05) is 41.9 Å². The fourth-order valence-electron chi connectivity index (χ4n) is 4.33. The number of rotatable bonds is 6. The molecular formula is C23H25F2N5O2. The molecule has 2 heterocycles. The average Bonchev–Trinajstić information content (AvgIpc) is 3.38. The lowest BCUT2D eigenvalue weighted by Gasteiger charge is -2.29. The molecule has 0 bridgehead atoms. The third-order valence-corrected chi connectivity index (χ3v) is 5.93. The van der Waals surface area contributed by atoms with Gasteiger partial charge in [-0.1, -0.05) is 37.1 Å². The summed E-state index contributed by atoms with van der Waals surface area (Å²) in [5.74, 6) is -1.58. The molecule has 1 aliphatic carbocycles. The average molecular weight is 441 g/mol. The van der Waals surface area contributed by atoms with Gasteiger partial charge in [-0.25, -0.2) is 8.78 Å². The first kappa shape index (κ1) is 21.9. The molecule has 3 aromatic rings. The van der Waals surface area contributed by atoms with Gasteiger partial charge < -0.3 is 5.32 Å². The highest BCUT2D eigenvalue weighted by Gasteiger charge is 2.36. The minimum absolute atomic E-state index is 0.0112. The zero-order valence-electron chi connectivity index (χ0n) is 17.9. The molecule has 0 saturated heterocycles. The SMILES string of the molecule is Cc1cc(-c2ccc(C(=O)[C@@H]3CCCC[C@H]3C(=O)Nc3cn(C)nc3C(F)F)cc2)n[nH]1. The summed E-state index contributed by atoms with van der Waals surface area (Å²) in [7, 11) is 1.52. The molecule has 2 N–H and O–H groups in total. The fraction of sp³-hybridized carbons (Fsp3) is 0.391. The number of ketones is 1. The van der Waals surface area contributed by atoms with Gasteiger partial charge in [0.2, 0.25) is 5.91 Å². The van der Waals surface area contributed by atoms with Crippen LogP contribution < -0.4 is 5.32 Å². The molecule has 168 valence electrons. The maximum absolute atomic E-state index is 13.3. The lowest BCUT2D eigenvalue weighted by Crippen LogP contribution is -2.36. The molecule has 0 unspecified atom stereocenters. The Morgan fingerprint density at radius 2 is 1.84 bits per heavy atom. The number of Topliss-reactive ketones (excluding diaryl/α,β-unsaturated/α-hetero) is 1. The number of H-pyrrole nitrogens is 1. The van der Waals surface area contributed by atoms with E-state index in [1.165, 1.54) is 17.9 Å². The number of alkyl halides is 2. The van der Waals surface area contributed by atoms with Crippen LogP contribution in [0.1, 0.15) is 53.9 Å². The van der Waals surface area contributed by atoms with Crippen LogP contribution in [-0.2, 0) is 11.8 Å². The number of carbonyl (C=O) groups excluding carboxylic acids is 2. The quantitative estimate of drug-likeness (QED) is 0.543. The molecule has 1 fully saturated rings. The highest BCUT2D eigenvalue weighted by molar-refractivity contribution is 6.03. The van der Waals surface area contributed by atoms with Crippen molar-refractivity contribution in [2.24, 2.45) is 18.9 Å². The highest BCUT2D eigenvalue weighted by atomic mass is 19.3. The summed E-state index contributed by atoms with van der Waals surface area (Å²) in [4.78, 5) is 26.2. The Bertz CT molecular complexity index is 1120. The van der Waals surface area contributed by atoms with Crippen molar-refractivity contribution in [3.8, 4) is 11.3 Å². The summed E-state index contributed by atoms with van der Waals surface area (Å²) < 4.78 is 27.7. The summed E-state index contributed by atoms with van der Waals surface area (Å²) in [5.41, 5.74) is 2.68. The van der Waals surface area contributed by atoms with Crippen LogP contribution in [0.25, 0.3) is 11.3 Å². The molecule has 2 atom stereocenters. The van der Waals surface area contributed by atoms with E-state index in [2.05, 4.69) is 20.6 Å². The van der Waals surface area contributed by atoms with Crippen molar-refractivity contribution in [3.05, 3.63) is 53.5 Å².